The van der Waals surface area contributed by atoms with Gasteiger partial charge in [-0.15, -0.1) is 0 Å². The number of carbonyl (C=O) groups is 2. The molecule has 2 amide bonds. The van der Waals surface area contributed by atoms with Crippen molar-refractivity contribution in [3.05, 3.63) is 52.6 Å². The SMILES string of the molecule is Cc1cc(C(=O)NC2CC(=O)N(c3ccc(Cl)cc3)C2)nc(C)n1. The fourth-order valence-electron chi connectivity index (χ4n) is 2.77. The van der Waals surface area contributed by atoms with Gasteiger partial charge < -0.3 is 10.2 Å². The van der Waals surface area contributed by atoms with Gasteiger partial charge in [-0.25, -0.2) is 9.97 Å². The first-order chi connectivity index (χ1) is 11.4. The van der Waals surface area contributed by atoms with Crippen molar-refractivity contribution in [2.45, 2.75) is 26.3 Å². The summed E-state index contributed by atoms with van der Waals surface area (Å²) < 4.78 is 0. The van der Waals surface area contributed by atoms with E-state index in [0.29, 0.717) is 23.1 Å². The van der Waals surface area contributed by atoms with Crippen LogP contribution in [0.3, 0.4) is 0 Å². The Balaban J connectivity index is 1.69. The standard InChI is InChI=1S/C17H17ClN4O2/c1-10-7-15(20-11(2)19-10)17(24)21-13-8-16(23)22(9-13)14-5-3-12(18)4-6-14/h3-7,13H,8-9H2,1-2H3,(H,21,24). The average molecular weight is 345 g/mol. The first-order valence-corrected chi connectivity index (χ1v) is 7.99. The summed E-state index contributed by atoms with van der Waals surface area (Å²) in [6.45, 7) is 3.98. The van der Waals surface area contributed by atoms with Gasteiger partial charge in [-0.2, -0.15) is 0 Å². The van der Waals surface area contributed by atoms with Gasteiger partial charge in [-0.3, -0.25) is 9.59 Å². The number of aromatic nitrogens is 2. The molecule has 0 bridgehead atoms. The molecule has 7 heteroatoms. The summed E-state index contributed by atoms with van der Waals surface area (Å²) in [6.07, 6.45) is 0.261. The molecule has 24 heavy (non-hydrogen) atoms. The summed E-state index contributed by atoms with van der Waals surface area (Å²) >= 11 is 5.87. The Bertz CT molecular complexity index is 771. The molecule has 1 unspecified atom stereocenters. The Morgan fingerprint density at radius 3 is 2.62 bits per heavy atom. The van der Waals surface area contributed by atoms with Crippen LogP contribution in [0.5, 0.6) is 0 Å². The number of amides is 2. The zero-order chi connectivity index (χ0) is 17.3. The summed E-state index contributed by atoms with van der Waals surface area (Å²) in [6, 6.07) is 8.45. The van der Waals surface area contributed by atoms with E-state index in [1.807, 2.05) is 6.92 Å². The molecular weight excluding hydrogens is 328 g/mol. The highest BCUT2D eigenvalue weighted by Gasteiger charge is 2.32. The number of carbonyl (C=O) groups excluding carboxylic acids is 2. The lowest BCUT2D eigenvalue weighted by atomic mass is 10.2. The Hall–Kier alpha value is -2.47. The maximum atomic E-state index is 12.4. The van der Waals surface area contributed by atoms with Crippen LogP contribution in [0.25, 0.3) is 0 Å². The van der Waals surface area contributed by atoms with Crippen LogP contribution in [0.1, 0.15) is 28.4 Å². The number of halogens is 1. The number of rotatable bonds is 3. The Morgan fingerprint density at radius 1 is 1.25 bits per heavy atom. The lowest BCUT2D eigenvalue weighted by molar-refractivity contribution is -0.117. The van der Waals surface area contributed by atoms with E-state index in [1.165, 1.54) is 0 Å². The maximum Gasteiger partial charge on any atom is 0.270 e. The number of hydrogen-bond acceptors (Lipinski definition) is 4. The van der Waals surface area contributed by atoms with E-state index in [0.717, 1.165) is 11.4 Å². The molecule has 1 saturated heterocycles. The number of nitrogens with zero attached hydrogens (tertiary/aromatic N) is 3. The van der Waals surface area contributed by atoms with Crippen LogP contribution in [0.4, 0.5) is 5.69 Å². The average Bonchev–Trinajstić information content (AvgIpc) is 2.87. The highest BCUT2D eigenvalue weighted by molar-refractivity contribution is 6.30. The summed E-state index contributed by atoms with van der Waals surface area (Å²) in [4.78, 5) is 34.5. The minimum Gasteiger partial charge on any atom is -0.346 e. The monoisotopic (exact) mass is 344 g/mol. The van der Waals surface area contributed by atoms with Gasteiger partial charge >= 0.3 is 0 Å². The third-order valence-corrected chi connectivity index (χ3v) is 4.05. The lowest BCUT2D eigenvalue weighted by Gasteiger charge is -2.17. The molecule has 1 atom stereocenters. The highest BCUT2D eigenvalue weighted by atomic mass is 35.5. The van der Waals surface area contributed by atoms with Gasteiger partial charge in [-0.05, 0) is 44.2 Å². The molecule has 124 valence electrons. The van der Waals surface area contributed by atoms with Gasteiger partial charge in [0.15, 0.2) is 0 Å². The summed E-state index contributed by atoms with van der Waals surface area (Å²) in [5.74, 6) is 0.225. The number of benzene rings is 1. The quantitative estimate of drug-likeness (QED) is 0.926. The lowest BCUT2D eigenvalue weighted by Crippen LogP contribution is -2.37. The van der Waals surface area contributed by atoms with Crippen molar-refractivity contribution in [1.82, 2.24) is 15.3 Å². The number of hydrogen-bond donors (Lipinski definition) is 1. The van der Waals surface area contributed by atoms with Gasteiger partial charge in [0.05, 0.1) is 6.04 Å². The molecule has 1 aromatic carbocycles. The third kappa shape index (κ3) is 3.54. The number of anilines is 1. The van der Waals surface area contributed by atoms with Crippen LogP contribution in [-0.2, 0) is 4.79 Å². The Morgan fingerprint density at radius 2 is 1.96 bits per heavy atom. The topological polar surface area (TPSA) is 75.2 Å². The molecule has 1 N–H and O–H groups in total. The summed E-state index contributed by atoms with van der Waals surface area (Å²) in [5.41, 5.74) is 1.82. The van der Waals surface area contributed by atoms with Crippen LogP contribution in [-0.4, -0.2) is 34.4 Å². The number of aryl methyl sites for hydroxylation is 2. The fourth-order valence-corrected chi connectivity index (χ4v) is 2.89. The Kier molecular flexibility index (Phi) is 4.49. The highest BCUT2D eigenvalue weighted by Crippen LogP contribution is 2.23. The summed E-state index contributed by atoms with van der Waals surface area (Å²) in [5, 5.41) is 3.49. The molecule has 2 aromatic rings. The first kappa shape index (κ1) is 16.4. The van der Waals surface area contributed by atoms with Crippen LogP contribution in [0, 0.1) is 13.8 Å². The molecule has 1 aliphatic rings. The smallest absolute Gasteiger partial charge is 0.270 e. The molecule has 1 fully saturated rings. The van der Waals surface area contributed by atoms with Gasteiger partial charge in [-0.1, -0.05) is 11.6 Å². The van der Waals surface area contributed by atoms with Crippen molar-refractivity contribution < 1.29 is 9.59 Å². The van der Waals surface area contributed by atoms with Crippen molar-refractivity contribution in [3.63, 3.8) is 0 Å². The molecule has 2 heterocycles. The molecule has 1 aromatic heterocycles. The second-order valence-corrected chi connectivity index (χ2v) is 6.23. The largest absolute Gasteiger partial charge is 0.346 e. The van der Waals surface area contributed by atoms with E-state index >= 15 is 0 Å². The van der Waals surface area contributed by atoms with Crippen LogP contribution in [0.2, 0.25) is 5.02 Å². The minimum atomic E-state index is -0.292. The molecule has 6 nitrogen and oxygen atoms in total. The maximum absolute atomic E-state index is 12.4. The van der Waals surface area contributed by atoms with E-state index in [-0.39, 0.29) is 24.3 Å². The van der Waals surface area contributed by atoms with Crippen molar-refractivity contribution in [3.8, 4) is 0 Å². The zero-order valence-electron chi connectivity index (χ0n) is 13.4. The third-order valence-electron chi connectivity index (χ3n) is 3.80. The van der Waals surface area contributed by atoms with E-state index in [2.05, 4.69) is 15.3 Å². The minimum absolute atomic E-state index is 0.0299. The predicted molar refractivity (Wildman–Crippen MR) is 91.2 cm³/mol. The van der Waals surface area contributed by atoms with E-state index < -0.39 is 0 Å². The molecule has 1 aliphatic heterocycles. The zero-order valence-corrected chi connectivity index (χ0v) is 14.2. The second kappa shape index (κ2) is 6.57. The Labute approximate surface area is 144 Å². The first-order valence-electron chi connectivity index (χ1n) is 7.61. The van der Waals surface area contributed by atoms with E-state index in [9.17, 15) is 9.59 Å². The van der Waals surface area contributed by atoms with Crippen molar-refractivity contribution in [2.75, 3.05) is 11.4 Å². The van der Waals surface area contributed by atoms with Crippen LogP contribution in [0.15, 0.2) is 30.3 Å². The summed E-state index contributed by atoms with van der Waals surface area (Å²) in [7, 11) is 0. The van der Waals surface area contributed by atoms with Gasteiger partial charge in [0.2, 0.25) is 5.91 Å². The second-order valence-electron chi connectivity index (χ2n) is 5.80. The van der Waals surface area contributed by atoms with E-state index in [4.69, 9.17) is 11.6 Å². The van der Waals surface area contributed by atoms with Crippen molar-refractivity contribution >= 4 is 29.1 Å². The molecular formula is C17H17ClN4O2. The number of nitrogens with one attached hydrogen (secondary N) is 1. The molecule has 0 aliphatic carbocycles. The van der Waals surface area contributed by atoms with Crippen molar-refractivity contribution in [1.29, 1.82) is 0 Å². The van der Waals surface area contributed by atoms with Gasteiger partial charge in [0, 0.05) is 29.4 Å². The normalized spacial score (nSPS) is 17.2. The van der Waals surface area contributed by atoms with Crippen LogP contribution >= 0.6 is 11.6 Å². The van der Waals surface area contributed by atoms with E-state index in [1.54, 1.807) is 42.2 Å². The molecule has 0 radical (unpaired) electrons. The molecule has 0 spiro atoms. The molecule has 3 rings (SSSR count). The predicted octanol–water partition coefficient (Wildman–Crippen LogP) is 2.28. The van der Waals surface area contributed by atoms with Gasteiger partial charge in [0.25, 0.3) is 5.91 Å². The fraction of sp³-hybridized carbons (Fsp3) is 0.294. The van der Waals surface area contributed by atoms with Gasteiger partial charge in [0.1, 0.15) is 11.5 Å². The van der Waals surface area contributed by atoms with Crippen molar-refractivity contribution in [2.24, 2.45) is 0 Å². The molecule has 0 saturated carbocycles. The van der Waals surface area contributed by atoms with Crippen LogP contribution < -0.4 is 10.2 Å².